The Bertz CT molecular complexity index is 327. The van der Waals surface area contributed by atoms with E-state index < -0.39 is 5.97 Å². The van der Waals surface area contributed by atoms with Crippen molar-refractivity contribution in [1.29, 1.82) is 0 Å². The highest BCUT2D eigenvalue weighted by Crippen LogP contribution is 2.11. The molecule has 2 heteroatoms. The zero-order valence-electron chi connectivity index (χ0n) is 14.3. The molecule has 0 aromatic carbocycles. The predicted molar refractivity (Wildman–Crippen MR) is 96.1 cm³/mol. The van der Waals surface area contributed by atoms with Crippen molar-refractivity contribution in [1.82, 2.24) is 0 Å². The van der Waals surface area contributed by atoms with E-state index in [1.807, 2.05) is 12.2 Å². The monoisotopic (exact) mass is 306 g/mol. The molecule has 0 rings (SSSR count). The van der Waals surface area contributed by atoms with E-state index in [2.05, 4.69) is 19.1 Å². The van der Waals surface area contributed by atoms with Gasteiger partial charge in [-0.1, -0.05) is 82.2 Å². The lowest BCUT2D eigenvalue weighted by atomic mass is 10.1. The van der Waals surface area contributed by atoms with Gasteiger partial charge in [0.1, 0.15) is 0 Å². The van der Waals surface area contributed by atoms with Gasteiger partial charge in [0.25, 0.3) is 0 Å². The third kappa shape index (κ3) is 18.7. The first kappa shape index (κ1) is 20.7. The largest absolute Gasteiger partial charge is 0.478 e. The molecule has 0 radical (unpaired) electrons. The molecule has 0 saturated heterocycles. The topological polar surface area (TPSA) is 37.3 Å². The summed E-state index contributed by atoms with van der Waals surface area (Å²) in [6, 6.07) is 0. The summed E-state index contributed by atoms with van der Waals surface area (Å²) in [5, 5.41) is 8.42. The number of unbranched alkanes of at least 4 members (excludes halogenated alkanes) is 10. The summed E-state index contributed by atoms with van der Waals surface area (Å²) < 4.78 is 0. The minimum Gasteiger partial charge on any atom is -0.478 e. The predicted octanol–water partition coefficient (Wildman–Crippen LogP) is 6.44. The maximum absolute atomic E-state index is 10.2. The van der Waals surface area contributed by atoms with E-state index in [1.165, 1.54) is 64.2 Å². The average Bonchev–Trinajstić information content (AvgIpc) is 2.50. The fourth-order valence-corrected chi connectivity index (χ4v) is 2.36. The van der Waals surface area contributed by atoms with Crippen molar-refractivity contribution in [3.8, 4) is 0 Å². The van der Waals surface area contributed by atoms with Crippen molar-refractivity contribution in [3.05, 3.63) is 36.5 Å². The third-order valence-corrected chi connectivity index (χ3v) is 3.63. The number of allylic oxidation sites excluding steroid dienone is 5. The van der Waals surface area contributed by atoms with Crippen molar-refractivity contribution in [2.45, 2.75) is 84.0 Å². The smallest absolute Gasteiger partial charge is 0.328 e. The average molecular weight is 306 g/mol. The van der Waals surface area contributed by atoms with Crippen molar-refractivity contribution in [2.75, 3.05) is 0 Å². The van der Waals surface area contributed by atoms with Crippen molar-refractivity contribution in [2.24, 2.45) is 0 Å². The van der Waals surface area contributed by atoms with Crippen molar-refractivity contribution < 1.29 is 9.90 Å². The highest BCUT2D eigenvalue weighted by Gasteiger charge is 1.92. The van der Waals surface area contributed by atoms with Gasteiger partial charge < -0.3 is 5.11 Å². The van der Waals surface area contributed by atoms with Gasteiger partial charge in [-0.15, -0.1) is 0 Å². The third-order valence-electron chi connectivity index (χ3n) is 3.63. The van der Waals surface area contributed by atoms with Crippen LogP contribution >= 0.6 is 0 Å². The van der Waals surface area contributed by atoms with Crippen molar-refractivity contribution in [3.63, 3.8) is 0 Å². The van der Waals surface area contributed by atoms with E-state index in [0.717, 1.165) is 18.9 Å². The lowest BCUT2D eigenvalue weighted by molar-refractivity contribution is -0.131. The number of hydrogen-bond donors (Lipinski definition) is 1. The van der Waals surface area contributed by atoms with Crippen LogP contribution in [0, 0.1) is 0 Å². The Balaban J connectivity index is 3.14. The van der Waals surface area contributed by atoms with Crippen LogP contribution < -0.4 is 0 Å². The molecule has 0 spiro atoms. The molecule has 22 heavy (non-hydrogen) atoms. The van der Waals surface area contributed by atoms with E-state index in [9.17, 15) is 4.79 Å². The van der Waals surface area contributed by atoms with E-state index in [4.69, 9.17) is 5.11 Å². The molecule has 0 heterocycles. The zero-order valence-corrected chi connectivity index (χ0v) is 14.3. The maximum Gasteiger partial charge on any atom is 0.328 e. The van der Waals surface area contributed by atoms with Gasteiger partial charge in [-0.25, -0.2) is 4.79 Å². The van der Waals surface area contributed by atoms with Crippen LogP contribution in [-0.4, -0.2) is 11.1 Å². The molecule has 0 saturated carbocycles. The second-order valence-electron chi connectivity index (χ2n) is 5.76. The summed E-state index contributed by atoms with van der Waals surface area (Å²) in [5.41, 5.74) is 0. The molecule has 126 valence electrons. The van der Waals surface area contributed by atoms with Gasteiger partial charge in [0, 0.05) is 6.08 Å². The normalized spacial score (nSPS) is 12.0. The van der Waals surface area contributed by atoms with Gasteiger partial charge in [0.05, 0.1) is 0 Å². The second kappa shape index (κ2) is 17.7. The van der Waals surface area contributed by atoms with Gasteiger partial charge in [0.15, 0.2) is 0 Å². The Kier molecular flexibility index (Phi) is 16.7. The first-order chi connectivity index (χ1) is 10.8. The van der Waals surface area contributed by atoms with Crippen LogP contribution in [0.5, 0.6) is 0 Å². The van der Waals surface area contributed by atoms with Gasteiger partial charge >= 0.3 is 5.97 Å². The molecular formula is C20H34O2. The Hall–Kier alpha value is -1.31. The van der Waals surface area contributed by atoms with E-state index >= 15 is 0 Å². The molecule has 0 unspecified atom stereocenters. The van der Waals surface area contributed by atoms with Crippen LogP contribution in [0.15, 0.2) is 36.5 Å². The Morgan fingerprint density at radius 2 is 1.23 bits per heavy atom. The van der Waals surface area contributed by atoms with Gasteiger partial charge in [-0.2, -0.15) is 0 Å². The van der Waals surface area contributed by atoms with E-state index in [1.54, 1.807) is 6.08 Å². The van der Waals surface area contributed by atoms with Gasteiger partial charge in [-0.05, 0) is 32.1 Å². The second-order valence-corrected chi connectivity index (χ2v) is 5.76. The lowest BCUT2D eigenvalue weighted by Crippen LogP contribution is -1.84. The number of aliphatic carboxylic acids is 1. The summed E-state index contributed by atoms with van der Waals surface area (Å²) in [6.45, 7) is 2.18. The molecule has 0 aromatic rings. The fraction of sp³-hybridized carbons (Fsp3) is 0.650. The highest BCUT2D eigenvalue weighted by atomic mass is 16.4. The summed E-state index contributed by atoms with van der Waals surface area (Å²) >= 11 is 0. The highest BCUT2D eigenvalue weighted by molar-refractivity contribution is 5.80. The summed E-state index contributed by atoms with van der Waals surface area (Å²) in [5.74, 6) is -0.887. The van der Waals surface area contributed by atoms with Crippen LogP contribution in [0.4, 0.5) is 0 Å². The quantitative estimate of drug-likeness (QED) is 0.163. The van der Waals surface area contributed by atoms with Crippen molar-refractivity contribution >= 4 is 5.97 Å². The molecule has 0 fully saturated rings. The fourth-order valence-electron chi connectivity index (χ4n) is 2.36. The summed E-state index contributed by atoms with van der Waals surface area (Å²) in [4.78, 5) is 10.2. The SMILES string of the molecule is CC/C=C/CCCCCCCCCCC/C=C/C=C/C(=O)O. The molecule has 0 aliphatic heterocycles. The molecule has 0 amide bonds. The minimum atomic E-state index is -0.887. The zero-order chi connectivity index (χ0) is 16.3. The van der Waals surface area contributed by atoms with Crippen LogP contribution in [0.2, 0.25) is 0 Å². The summed E-state index contributed by atoms with van der Waals surface area (Å²) in [6.07, 6.45) is 26.7. The van der Waals surface area contributed by atoms with Crippen LogP contribution in [0.1, 0.15) is 84.0 Å². The first-order valence-corrected chi connectivity index (χ1v) is 8.98. The first-order valence-electron chi connectivity index (χ1n) is 8.98. The Labute approximate surface area is 137 Å². The lowest BCUT2D eigenvalue weighted by Gasteiger charge is -2.01. The molecule has 0 aliphatic rings. The molecule has 0 atom stereocenters. The molecule has 1 N–H and O–H groups in total. The Morgan fingerprint density at radius 1 is 0.727 bits per heavy atom. The molecule has 2 nitrogen and oxygen atoms in total. The number of rotatable bonds is 15. The van der Waals surface area contributed by atoms with Gasteiger partial charge in [-0.3, -0.25) is 0 Å². The standard InChI is InChI=1S/C20H34O2/c1-2-3-4-5-6-7-8-9-10-11-12-13-14-15-16-17-18-19-20(21)22/h3-4,16-19H,2,5-15H2,1H3,(H,21,22)/b4-3+,17-16+,19-18+. The summed E-state index contributed by atoms with van der Waals surface area (Å²) in [7, 11) is 0. The van der Waals surface area contributed by atoms with E-state index in [0.29, 0.717) is 0 Å². The Morgan fingerprint density at radius 3 is 1.73 bits per heavy atom. The van der Waals surface area contributed by atoms with E-state index in [-0.39, 0.29) is 0 Å². The van der Waals surface area contributed by atoms with Crippen LogP contribution in [0.25, 0.3) is 0 Å². The van der Waals surface area contributed by atoms with Crippen LogP contribution in [-0.2, 0) is 4.79 Å². The van der Waals surface area contributed by atoms with Gasteiger partial charge in [0.2, 0.25) is 0 Å². The number of carboxylic acid groups (broad SMARTS) is 1. The molecule has 0 aromatic heterocycles. The van der Waals surface area contributed by atoms with Crippen LogP contribution in [0.3, 0.4) is 0 Å². The molecular weight excluding hydrogens is 272 g/mol. The molecule has 0 aliphatic carbocycles. The molecule has 0 bridgehead atoms. The number of hydrogen-bond acceptors (Lipinski definition) is 1. The number of carbonyl (C=O) groups is 1. The maximum atomic E-state index is 10.2. The minimum absolute atomic E-state index is 0.887. The number of carboxylic acids is 1.